The maximum atomic E-state index is 13.6. The highest BCUT2D eigenvalue weighted by Gasteiger charge is 2.16. The topological polar surface area (TPSA) is 41.5 Å². The monoisotopic (exact) mass is 255 g/mol. The molecule has 0 radical (unpaired) electrons. The Morgan fingerprint density at radius 2 is 2.11 bits per heavy atom. The number of halogens is 1. The smallest absolute Gasteiger partial charge is 0.131 e. The summed E-state index contributed by atoms with van der Waals surface area (Å²) in [4.78, 5) is 0. The lowest BCUT2D eigenvalue weighted by atomic mass is 9.90. The van der Waals surface area contributed by atoms with Crippen LogP contribution in [0.25, 0.3) is 0 Å². The van der Waals surface area contributed by atoms with Crippen LogP contribution < -0.4 is 10.1 Å². The molecule has 0 atom stereocenters. The molecule has 0 aliphatic carbocycles. The van der Waals surface area contributed by atoms with Gasteiger partial charge >= 0.3 is 0 Å². The van der Waals surface area contributed by atoms with Gasteiger partial charge in [0.05, 0.1) is 7.11 Å². The Morgan fingerprint density at radius 1 is 1.39 bits per heavy atom. The predicted molar refractivity (Wildman–Crippen MR) is 70.1 cm³/mol. The zero-order valence-corrected chi connectivity index (χ0v) is 11.3. The SMILES string of the molecule is COc1ccc(CNCC(C)(C)CCO)c(F)c1. The lowest BCUT2D eigenvalue weighted by molar-refractivity contribution is 0.207. The second-order valence-electron chi connectivity index (χ2n) is 5.20. The largest absolute Gasteiger partial charge is 0.497 e. The Labute approximate surface area is 108 Å². The molecule has 0 spiro atoms. The molecule has 0 aromatic heterocycles. The van der Waals surface area contributed by atoms with Crippen LogP contribution in [-0.4, -0.2) is 25.4 Å². The van der Waals surface area contributed by atoms with Crippen molar-refractivity contribution in [2.24, 2.45) is 5.41 Å². The van der Waals surface area contributed by atoms with Crippen LogP contribution in [0.2, 0.25) is 0 Å². The Bertz CT molecular complexity index is 380. The van der Waals surface area contributed by atoms with Crippen molar-refractivity contribution in [1.29, 1.82) is 0 Å². The molecule has 0 aliphatic rings. The van der Waals surface area contributed by atoms with Gasteiger partial charge in [-0.15, -0.1) is 0 Å². The van der Waals surface area contributed by atoms with E-state index in [1.54, 1.807) is 12.1 Å². The van der Waals surface area contributed by atoms with Gasteiger partial charge < -0.3 is 15.2 Å². The van der Waals surface area contributed by atoms with Gasteiger partial charge in [0.15, 0.2) is 0 Å². The molecular formula is C14H22FNO2. The van der Waals surface area contributed by atoms with Crippen LogP contribution in [-0.2, 0) is 6.54 Å². The van der Waals surface area contributed by atoms with Crippen molar-refractivity contribution in [2.45, 2.75) is 26.8 Å². The van der Waals surface area contributed by atoms with E-state index in [1.807, 2.05) is 0 Å². The minimum atomic E-state index is -0.262. The van der Waals surface area contributed by atoms with Gasteiger partial charge in [-0.1, -0.05) is 19.9 Å². The van der Waals surface area contributed by atoms with E-state index in [0.717, 1.165) is 13.0 Å². The summed E-state index contributed by atoms with van der Waals surface area (Å²) in [5, 5.41) is 12.1. The average Bonchev–Trinajstić information content (AvgIpc) is 2.31. The first-order chi connectivity index (χ1) is 8.48. The van der Waals surface area contributed by atoms with Crippen LogP contribution in [0.3, 0.4) is 0 Å². The van der Waals surface area contributed by atoms with E-state index < -0.39 is 0 Å². The minimum Gasteiger partial charge on any atom is -0.497 e. The molecule has 2 N–H and O–H groups in total. The summed E-state index contributed by atoms with van der Waals surface area (Å²) in [6.45, 7) is 5.52. The lowest BCUT2D eigenvalue weighted by Gasteiger charge is -2.24. The van der Waals surface area contributed by atoms with E-state index in [0.29, 0.717) is 17.9 Å². The molecule has 1 aromatic rings. The Hall–Kier alpha value is -1.13. The highest BCUT2D eigenvalue weighted by atomic mass is 19.1. The van der Waals surface area contributed by atoms with Crippen molar-refractivity contribution in [1.82, 2.24) is 5.32 Å². The van der Waals surface area contributed by atoms with Crippen LogP contribution in [0.1, 0.15) is 25.8 Å². The molecule has 1 aromatic carbocycles. The normalized spacial score (nSPS) is 11.6. The summed E-state index contributed by atoms with van der Waals surface area (Å²) in [6, 6.07) is 4.86. The van der Waals surface area contributed by atoms with Crippen molar-refractivity contribution in [3.05, 3.63) is 29.6 Å². The molecule has 4 heteroatoms. The summed E-state index contributed by atoms with van der Waals surface area (Å²) in [5.41, 5.74) is 0.633. The highest BCUT2D eigenvalue weighted by Crippen LogP contribution is 2.19. The van der Waals surface area contributed by atoms with Crippen molar-refractivity contribution in [3.63, 3.8) is 0 Å². The first kappa shape index (κ1) is 14.9. The number of rotatable bonds is 7. The molecule has 0 fully saturated rings. The number of methoxy groups -OCH3 is 1. The summed E-state index contributed by atoms with van der Waals surface area (Å²) in [5.74, 6) is 0.263. The zero-order chi connectivity index (χ0) is 13.6. The molecule has 0 aliphatic heterocycles. The standard InChI is InChI=1S/C14H22FNO2/c1-14(2,6-7-17)10-16-9-11-4-5-12(18-3)8-13(11)15/h4-5,8,16-17H,6-7,9-10H2,1-3H3. The number of ether oxygens (including phenoxy) is 1. The Morgan fingerprint density at radius 3 is 2.67 bits per heavy atom. The highest BCUT2D eigenvalue weighted by molar-refractivity contribution is 5.28. The van der Waals surface area contributed by atoms with Gasteiger partial charge in [-0.25, -0.2) is 4.39 Å². The van der Waals surface area contributed by atoms with Gasteiger partial charge in [-0.3, -0.25) is 0 Å². The number of hydrogen-bond donors (Lipinski definition) is 2. The fraction of sp³-hybridized carbons (Fsp3) is 0.571. The third-order valence-corrected chi connectivity index (χ3v) is 2.97. The number of aliphatic hydroxyl groups excluding tert-OH is 1. The molecule has 1 rings (SSSR count). The summed E-state index contributed by atoms with van der Waals surface area (Å²) < 4.78 is 18.6. The predicted octanol–water partition coefficient (Wildman–Crippen LogP) is 2.33. The number of aliphatic hydroxyl groups is 1. The quantitative estimate of drug-likeness (QED) is 0.785. The second kappa shape index (κ2) is 6.71. The molecular weight excluding hydrogens is 233 g/mol. The maximum Gasteiger partial charge on any atom is 0.131 e. The van der Waals surface area contributed by atoms with Crippen LogP contribution in [0.15, 0.2) is 18.2 Å². The van der Waals surface area contributed by atoms with Gasteiger partial charge in [-0.2, -0.15) is 0 Å². The fourth-order valence-electron chi connectivity index (χ4n) is 1.72. The molecule has 0 heterocycles. The maximum absolute atomic E-state index is 13.6. The summed E-state index contributed by atoms with van der Waals surface area (Å²) in [6.07, 6.45) is 0.727. The van der Waals surface area contributed by atoms with Crippen LogP contribution in [0.5, 0.6) is 5.75 Å². The average molecular weight is 255 g/mol. The minimum absolute atomic E-state index is 0.0116. The molecule has 0 unspecified atom stereocenters. The third kappa shape index (κ3) is 4.63. The van der Waals surface area contributed by atoms with Gasteiger partial charge in [0.25, 0.3) is 0 Å². The van der Waals surface area contributed by atoms with Gasteiger partial charge in [0.2, 0.25) is 0 Å². The van der Waals surface area contributed by atoms with Gasteiger partial charge in [0, 0.05) is 31.3 Å². The molecule has 0 bridgehead atoms. The Kier molecular flexibility index (Phi) is 5.56. The first-order valence-corrected chi connectivity index (χ1v) is 6.12. The van der Waals surface area contributed by atoms with Crippen LogP contribution in [0.4, 0.5) is 4.39 Å². The van der Waals surface area contributed by atoms with Crippen molar-refractivity contribution >= 4 is 0 Å². The van der Waals surface area contributed by atoms with Crippen molar-refractivity contribution in [3.8, 4) is 5.75 Å². The van der Waals surface area contributed by atoms with E-state index in [4.69, 9.17) is 9.84 Å². The fourth-order valence-corrected chi connectivity index (χ4v) is 1.72. The van der Waals surface area contributed by atoms with E-state index in [1.165, 1.54) is 13.2 Å². The third-order valence-electron chi connectivity index (χ3n) is 2.97. The number of hydrogen-bond acceptors (Lipinski definition) is 3. The lowest BCUT2D eigenvalue weighted by Crippen LogP contribution is -2.30. The number of nitrogens with one attached hydrogen (secondary N) is 1. The van der Waals surface area contributed by atoms with E-state index in [9.17, 15) is 4.39 Å². The van der Waals surface area contributed by atoms with E-state index >= 15 is 0 Å². The number of benzene rings is 1. The summed E-state index contributed by atoms with van der Waals surface area (Å²) in [7, 11) is 1.52. The molecule has 0 saturated heterocycles. The Balaban J connectivity index is 2.49. The van der Waals surface area contributed by atoms with Gasteiger partial charge in [0.1, 0.15) is 11.6 Å². The van der Waals surface area contributed by atoms with E-state index in [-0.39, 0.29) is 17.8 Å². The molecule has 102 valence electrons. The molecule has 3 nitrogen and oxygen atoms in total. The molecule has 0 saturated carbocycles. The van der Waals surface area contributed by atoms with Crippen LogP contribution in [0, 0.1) is 11.2 Å². The molecule has 18 heavy (non-hydrogen) atoms. The van der Waals surface area contributed by atoms with Crippen molar-refractivity contribution in [2.75, 3.05) is 20.3 Å². The van der Waals surface area contributed by atoms with E-state index in [2.05, 4.69) is 19.2 Å². The zero-order valence-electron chi connectivity index (χ0n) is 11.3. The van der Waals surface area contributed by atoms with Crippen LogP contribution >= 0.6 is 0 Å². The van der Waals surface area contributed by atoms with Gasteiger partial charge in [-0.05, 0) is 17.9 Å². The van der Waals surface area contributed by atoms with Crippen molar-refractivity contribution < 1.29 is 14.2 Å². The first-order valence-electron chi connectivity index (χ1n) is 6.12. The summed E-state index contributed by atoms with van der Waals surface area (Å²) >= 11 is 0. The second-order valence-corrected chi connectivity index (χ2v) is 5.20. The molecule has 0 amide bonds.